The minimum Gasteiger partial charge on any atom is -0.481 e. The molecule has 5 rings (SSSR count). The number of hydrogen-bond acceptors (Lipinski definition) is 4. The highest BCUT2D eigenvalue weighted by Gasteiger charge is 2.65. The zero-order valence-electron chi connectivity index (χ0n) is 19.8. The van der Waals surface area contributed by atoms with Gasteiger partial charge in [-0.25, -0.2) is 4.79 Å². The second-order valence-corrected chi connectivity index (χ2v) is 10.1. The smallest absolute Gasteiger partial charge is 0.407 e. The fourth-order valence-electron chi connectivity index (χ4n) is 6.05. The second kappa shape index (κ2) is 9.72. The third-order valence-electron chi connectivity index (χ3n) is 7.88. The van der Waals surface area contributed by atoms with Gasteiger partial charge >= 0.3 is 12.1 Å². The van der Waals surface area contributed by atoms with Crippen LogP contribution in [-0.2, 0) is 14.3 Å². The number of aliphatic carboxylic acids is 1. The number of carbonyl (C=O) groups is 3. The van der Waals surface area contributed by atoms with E-state index in [0.717, 1.165) is 25.7 Å². The molecule has 3 atom stereocenters. The van der Waals surface area contributed by atoms with Gasteiger partial charge in [0.15, 0.2) is 0 Å². The molecule has 0 unspecified atom stereocenters. The molecule has 2 saturated carbocycles. The van der Waals surface area contributed by atoms with Crippen molar-refractivity contribution in [2.45, 2.75) is 56.9 Å². The van der Waals surface area contributed by atoms with E-state index in [9.17, 15) is 14.4 Å². The summed E-state index contributed by atoms with van der Waals surface area (Å²) in [7, 11) is 0. The summed E-state index contributed by atoms with van der Waals surface area (Å²) in [4.78, 5) is 36.0. The van der Waals surface area contributed by atoms with Gasteiger partial charge in [-0.3, -0.25) is 9.59 Å². The quantitative estimate of drug-likeness (QED) is 0.439. The van der Waals surface area contributed by atoms with Gasteiger partial charge in [0, 0.05) is 24.9 Å². The maximum absolute atomic E-state index is 12.8. The average Bonchev–Trinajstić information content (AvgIpc) is 3.27. The summed E-state index contributed by atoms with van der Waals surface area (Å²) in [6.07, 6.45) is 4.26. The van der Waals surface area contributed by atoms with Gasteiger partial charge in [0.25, 0.3) is 0 Å². The standard InChI is InChI=1S/C28H32N2O5/c31-25(32)12-2-1-7-13-29-26(33)28-15-18(28)14-19(16-28)30-27(34)35-17-24-22-10-5-3-8-20(22)21-9-4-6-11-23(21)24/h3-6,8-11,18-19,24H,1-2,7,12-17H2,(H,29,33)(H,30,34)(H,31,32)/t18-,19+,28+/m1/s1. The molecule has 3 N–H and O–H groups in total. The number of nitrogens with one attached hydrogen (secondary N) is 2. The van der Waals surface area contributed by atoms with Crippen LogP contribution in [0.1, 0.15) is 62.0 Å². The van der Waals surface area contributed by atoms with Gasteiger partial charge in [-0.05, 0) is 60.3 Å². The van der Waals surface area contributed by atoms with E-state index >= 15 is 0 Å². The molecule has 0 spiro atoms. The molecule has 0 aromatic heterocycles. The molecule has 2 amide bonds. The fraction of sp³-hybridized carbons (Fsp3) is 0.464. The van der Waals surface area contributed by atoms with Gasteiger partial charge < -0.3 is 20.5 Å². The summed E-state index contributed by atoms with van der Waals surface area (Å²) >= 11 is 0. The van der Waals surface area contributed by atoms with E-state index in [1.165, 1.54) is 22.3 Å². The highest BCUT2D eigenvalue weighted by atomic mass is 16.5. The zero-order chi connectivity index (χ0) is 24.4. The number of fused-ring (bicyclic) bond motifs is 4. The van der Waals surface area contributed by atoms with Crippen molar-refractivity contribution in [1.29, 1.82) is 0 Å². The maximum Gasteiger partial charge on any atom is 0.407 e. The van der Waals surface area contributed by atoms with Gasteiger partial charge in [0.1, 0.15) is 6.61 Å². The third-order valence-corrected chi connectivity index (χ3v) is 7.88. The normalized spacial score (nSPS) is 23.7. The van der Waals surface area contributed by atoms with E-state index in [0.29, 0.717) is 25.3 Å². The van der Waals surface area contributed by atoms with Crippen molar-refractivity contribution in [3.63, 3.8) is 0 Å². The van der Waals surface area contributed by atoms with Crippen LogP contribution in [0.5, 0.6) is 0 Å². The predicted molar refractivity (Wildman–Crippen MR) is 131 cm³/mol. The van der Waals surface area contributed by atoms with Crippen molar-refractivity contribution in [1.82, 2.24) is 10.6 Å². The van der Waals surface area contributed by atoms with Crippen molar-refractivity contribution in [2.75, 3.05) is 13.2 Å². The molecule has 0 bridgehead atoms. The van der Waals surface area contributed by atoms with E-state index in [1.807, 2.05) is 24.3 Å². The molecule has 3 aliphatic rings. The number of carbonyl (C=O) groups excluding carboxylic acids is 2. The first-order valence-corrected chi connectivity index (χ1v) is 12.6. The van der Waals surface area contributed by atoms with Gasteiger partial charge in [-0.2, -0.15) is 0 Å². The van der Waals surface area contributed by atoms with Crippen molar-refractivity contribution in [3.8, 4) is 11.1 Å². The van der Waals surface area contributed by atoms with Crippen LogP contribution in [0.3, 0.4) is 0 Å². The number of rotatable bonds is 10. The van der Waals surface area contributed by atoms with E-state index in [1.54, 1.807) is 0 Å². The Morgan fingerprint density at radius 3 is 2.31 bits per heavy atom. The number of hydrogen-bond donors (Lipinski definition) is 3. The Hall–Kier alpha value is -3.35. The molecule has 2 aromatic rings. The van der Waals surface area contributed by atoms with Gasteiger partial charge in [0.2, 0.25) is 5.91 Å². The van der Waals surface area contributed by atoms with Crippen LogP contribution in [0, 0.1) is 11.3 Å². The zero-order valence-corrected chi connectivity index (χ0v) is 19.8. The Bertz CT molecular complexity index is 1090. The first-order chi connectivity index (χ1) is 17.0. The first kappa shape index (κ1) is 23.4. The van der Waals surface area contributed by atoms with Crippen LogP contribution in [0.15, 0.2) is 48.5 Å². The Balaban J connectivity index is 1.08. The number of alkyl carbamates (subject to hydrolysis) is 1. The minimum absolute atomic E-state index is 0.0257. The fourth-order valence-corrected chi connectivity index (χ4v) is 6.05. The molecule has 0 heterocycles. The Morgan fingerprint density at radius 2 is 1.63 bits per heavy atom. The lowest BCUT2D eigenvalue weighted by molar-refractivity contribution is -0.137. The van der Waals surface area contributed by atoms with Crippen LogP contribution in [0.25, 0.3) is 11.1 Å². The SMILES string of the molecule is O=C(O)CCCCCNC(=O)[C@@]12C[C@@H](NC(=O)OCC3c4ccccc4-c4ccccc43)C[C@@H]1C2. The summed E-state index contributed by atoms with van der Waals surface area (Å²) < 4.78 is 5.67. The van der Waals surface area contributed by atoms with Crippen molar-refractivity contribution in [2.24, 2.45) is 11.3 Å². The van der Waals surface area contributed by atoms with Crippen molar-refractivity contribution in [3.05, 3.63) is 59.7 Å². The van der Waals surface area contributed by atoms with E-state index < -0.39 is 12.1 Å². The molecular formula is C28H32N2O5. The molecule has 0 aliphatic heterocycles. The Kier molecular flexibility index (Phi) is 6.50. The van der Waals surface area contributed by atoms with E-state index in [-0.39, 0.29) is 36.3 Å². The lowest BCUT2D eigenvalue weighted by Gasteiger charge is -2.19. The average molecular weight is 477 g/mol. The van der Waals surface area contributed by atoms with Gasteiger partial charge in [-0.15, -0.1) is 0 Å². The third kappa shape index (κ3) is 4.77. The van der Waals surface area contributed by atoms with Crippen LogP contribution in [-0.4, -0.2) is 42.3 Å². The molecule has 0 radical (unpaired) electrons. The molecule has 184 valence electrons. The highest BCUT2D eigenvalue weighted by molar-refractivity contribution is 5.87. The number of carboxylic acid groups (broad SMARTS) is 1. The summed E-state index contributed by atoms with van der Waals surface area (Å²) in [5, 5.41) is 14.7. The number of carboxylic acids is 1. The number of unbranched alkanes of at least 4 members (excludes halogenated alkanes) is 2. The molecule has 2 aromatic carbocycles. The van der Waals surface area contributed by atoms with E-state index in [4.69, 9.17) is 9.84 Å². The summed E-state index contributed by atoms with van der Waals surface area (Å²) in [5.41, 5.74) is 4.40. The first-order valence-electron chi connectivity index (χ1n) is 12.6. The Morgan fingerprint density at radius 1 is 0.943 bits per heavy atom. The number of benzene rings is 2. The molecular weight excluding hydrogens is 444 g/mol. The minimum atomic E-state index is -0.783. The van der Waals surface area contributed by atoms with Crippen molar-refractivity contribution >= 4 is 18.0 Å². The van der Waals surface area contributed by atoms with Gasteiger partial charge in [0.05, 0.1) is 5.41 Å². The highest BCUT2D eigenvalue weighted by Crippen LogP contribution is 2.63. The number of ether oxygens (including phenoxy) is 1. The van der Waals surface area contributed by atoms with Crippen LogP contribution < -0.4 is 10.6 Å². The van der Waals surface area contributed by atoms with Crippen molar-refractivity contribution < 1.29 is 24.2 Å². The van der Waals surface area contributed by atoms with Gasteiger partial charge in [-0.1, -0.05) is 55.0 Å². The predicted octanol–water partition coefficient (Wildman–Crippen LogP) is 4.46. The second-order valence-electron chi connectivity index (χ2n) is 10.1. The molecule has 2 fully saturated rings. The topological polar surface area (TPSA) is 105 Å². The Labute approximate surface area is 205 Å². The van der Waals surface area contributed by atoms with Crippen LogP contribution in [0.4, 0.5) is 4.79 Å². The monoisotopic (exact) mass is 476 g/mol. The summed E-state index contributed by atoms with van der Waals surface area (Å²) in [5.74, 6) is -0.377. The molecule has 35 heavy (non-hydrogen) atoms. The largest absolute Gasteiger partial charge is 0.481 e. The summed E-state index contributed by atoms with van der Waals surface area (Å²) in [6.45, 7) is 0.848. The van der Waals surface area contributed by atoms with Crippen LogP contribution >= 0.6 is 0 Å². The summed E-state index contributed by atoms with van der Waals surface area (Å²) in [6, 6.07) is 16.5. The molecule has 3 aliphatic carbocycles. The maximum atomic E-state index is 12.8. The lowest BCUT2D eigenvalue weighted by Crippen LogP contribution is -2.38. The molecule has 7 heteroatoms. The number of amides is 2. The molecule has 0 saturated heterocycles. The van der Waals surface area contributed by atoms with Crippen LogP contribution in [0.2, 0.25) is 0 Å². The lowest BCUT2D eigenvalue weighted by atomic mass is 9.98. The molecule has 7 nitrogen and oxygen atoms in total. The van der Waals surface area contributed by atoms with E-state index in [2.05, 4.69) is 34.9 Å².